The Kier molecular flexibility index (Phi) is 13.2. The van der Waals surface area contributed by atoms with Crippen LogP contribution in [0.1, 0.15) is 158 Å². The summed E-state index contributed by atoms with van der Waals surface area (Å²) < 4.78 is 0. The van der Waals surface area contributed by atoms with Crippen molar-refractivity contribution in [1.29, 1.82) is 0 Å². The lowest BCUT2D eigenvalue weighted by Crippen LogP contribution is -2.40. The van der Waals surface area contributed by atoms with Gasteiger partial charge in [0.2, 0.25) is 0 Å². The second-order valence-corrected chi connectivity index (χ2v) is 15.5. The van der Waals surface area contributed by atoms with Crippen molar-refractivity contribution in [3.8, 4) is 0 Å². The molecule has 2 aliphatic carbocycles. The molecule has 2 saturated carbocycles. The van der Waals surface area contributed by atoms with E-state index in [1.165, 1.54) is 115 Å². The minimum atomic E-state index is 0.173. The third kappa shape index (κ3) is 10.3. The van der Waals surface area contributed by atoms with Gasteiger partial charge >= 0.3 is 0 Å². The fraction of sp³-hybridized carbons (Fsp3) is 0.943. The minimum absolute atomic E-state index is 0.173. The summed E-state index contributed by atoms with van der Waals surface area (Å²) in [4.78, 5) is 0. The summed E-state index contributed by atoms with van der Waals surface area (Å²) in [5.41, 5.74) is 8.33. The van der Waals surface area contributed by atoms with Gasteiger partial charge in [0.15, 0.2) is 0 Å². The van der Waals surface area contributed by atoms with Crippen molar-refractivity contribution < 1.29 is 0 Å². The number of hydrogen-bond donors (Lipinski definition) is 2. The number of allylic oxidation sites excluding steroid dienone is 1. The summed E-state index contributed by atoms with van der Waals surface area (Å²) in [5.74, 6) is 2.69. The number of hydrogen-bond acceptors (Lipinski definition) is 2. The van der Waals surface area contributed by atoms with Gasteiger partial charge in [0, 0.05) is 12.1 Å². The summed E-state index contributed by atoms with van der Waals surface area (Å²) in [7, 11) is 0. The van der Waals surface area contributed by atoms with Crippen LogP contribution in [-0.4, -0.2) is 18.6 Å². The molecule has 218 valence electrons. The average Bonchev–Trinajstić information content (AvgIpc) is 2.83. The lowest BCUT2D eigenvalue weighted by atomic mass is 9.55. The second-order valence-electron chi connectivity index (χ2n) is 15.5. The second kappa shape index (κ2) is 14.9. The highest BCUT2D eigenvalue weighted by molar-refractivity contribution is 5.15. The molecule has 0 heterocycles. The third-order valence-corrected chi connectivity index (χ3v) is 11.3. The van der Waals surface area contributed by atoms with Gasteiger partial charge in [-0.3, -0.25) is 0 Å². The molecule has 0 amide bonds. The van der Waals surface area contributed by atoms with Gasteiger partial charge in [-0.05, 0) is 124 Å². The number of nitrogens with two attached hydrogens (primary N) is 1. The first-order valence-electron chi connectivity index (χ1n) is 16.5. The van der Waals surface area contributed by atoms with E-state index >= 15 is 0 Å². The van der Waals surface area contributed by atoms with Crippen LogP contribution in [0, 0.1) is 34.0 Å². The fourth-order valence-corrected chi connectivity index (χ4v) is 7.45. The van der Waals surface area contributed by atoms with E-state index in [0.717, 1.165) is 23.8 Å². The van der Waals surface area contributed by atoms with E-state index in [2.05, 4.69) is 60.7 Å². The first-order chi connectivity index (χ1) is 17.3. The van der Waals surface area contributed by atoms with Gasteiger partial charge in [0.05, 0.1) is 0 Å². The Balaban J connectivity index is 1.71. The topological polar surface area (TPSA) is 38.0 Å². The molecule has 37 heavy (non-hydrogen) atoms. The maximum Gasteiger partial charge on any atom is 0.00672 e. The summed E-state index contributed by atoms with van der Waals surface area (Å²) in [5, 5.41) is 3.92. The van der Waals surface area contributed by atoms with Gasteiger partial charge in [0.25, 0.3) is 0 Å². The normalized spacial score (nSPS) is 28.0. The molecule has 2 aliphatic rings. The zero-order valence-corrected chi connectivity index (χ0v) is 26.7. The van der Waals surface area contributed by atoms with E-state index in [9.17, 15) is 0 Å². The van der Waals surface area contributed by atoms with Crippen molar-refractivity contribution in [1.82, 2.24) is 5.32 Å². The standard InChI is InChI=1S/C35H68N2/c1-10-11-14-27(2)34(7,8)26-35(9,33(4,5)6)28(3)15-12-13-24-37-32-22-18-30(19-23-32)25-29-16-20-31(36)21-17-29/h27,29-32,37H,3,10-26,36H2,1-2,4-9H3. The highest BCUT2D eigenvalue weighted by Crippen LogP contribution is 2.54. The van der Waals surface area contributed by atoms with Gasteiger partial charge in [-0.25, -0.2) is 0 Å². The zero-order chi connectivity index (χ0) is 27.7. The molecule has 2 nitrogen and oxygen atoms in total. The van der Waals surface area contributed by atoms with Crippen LogP contribution in [0.5, 0.6) is 0 Å². The molecule has 3 N–H and O–H groups in total. The highest BCUT2D eigenvalue weighted by Gasteiger charge is 2.44. The van der Waals surface area contributed by atoms with Crippen molar-refractivity contribution >= 4 is 0 Å². The van der Waals surface area contributed by atoms with E-state index in [1.807, 2.05) is 0 Å². The van der Waals surface area contributed by atoms with Crippen LogP contribution in [0.3, 0.4) is 0 Å². The van der Waals surface area contributed by atoms with Crippen LogP contribution in [0.25, 0.3) is 0 Å². The molecule has 0 aromatic heterocycles. The Bertz CT molecular complexity index is 643. The fourth-order valence-electron chi connectivity index (χ4n) is 7.45. The lowest BCUT2D eigenvalue weighted by molar-refractivity contribution is 0.0513. The van der Waals surface area contributed by atoms with Gasteiger partial charge in [-0.2, -0.15) is 0 Å². The van der Waals surface area contributed by atoms with Gasteiger partial charge in [-0.15, -0.1) is 0 Å². The van der Waals surface area contributed by atoms with Crippen molar-refractivity contribution in [2.24, 2.45) is 39.7 Å². The molecule has 2 fully saturated rings. The third-order valence-electron chi connectivity index (χ3n) is 11.3. The Morgan fingerprint density at radius 3 is 1.97 bits per heavy atom. The largest absolute Gasteiger partial charge is 0.328 e. The molecule has 0 bridgehead atoms. The SMILES string of the molecule is C=C(CCCCNC1CCC(CC2CCC(N)CC2)CC1)C(C)(CC(C)(C)C(C)CCCC)C(C)(C)C. The van der Waals surface area contributed by atoms with Crippen LogP contribution in [0.4, 0.5) is 0 Å². The predicted octanol–water partition coefficient (Wildman–Crippen LogP) is 10.1. The zero-order valence-electron chi connectivity index (χ0n) is 26.7. The van der Waals surface area contributed by atoms with Crippen LogP contribution in [-0.2, 0) is 0 Å². The van der Waals surface area contributed by atoms with E-state index in [0.29, 0.717) is 11.5 Å². The number of nitrogens with one attached hydrogen (secondary N) is 1. The molecular weight excluding hydrogens is 448 g/mol. The Morgan fingerprint density at radius 2 is 1.43 bits per heavy atom. The Labute approximate surface area is 233 Å². The molecule has 2 heteroatoms. The van der Waals surface area contributed by atoms with Gasteiger partial charge in [0.1, 0.15) is 0 Å². The van der Waals surface area contributed by atoms with Gasteiger partial charge < -0.3 is 11.1 Å². The molecule has 2 rings (SSSR count). The summed E-state index contributed by atoms with van der Waals surface area (Å²) in [6.07, 6.45) is 21.4. The molecule has 0 aromatic rings. The van der Waals surface area contributed by atoms with Crippen LogP contribution < -0.4 is 11.1 Å². The Hall–Kier alpha value is -0.340. The summed E-state index contributed by atoms with van der Waals surface area (Å²) in [6, 6.07) is 1.24. The number of rotatable bonds is 15. The molecule has 2 atom stereocenters. The predicted molar refractivity (Wildman–Crippen MR) is 166 cm³/mol. The highest BCUT2D eigenvalue weighted by atomic mass is 14.9. The summed E-state index contributed by atoms with van der Waals surface area (Å²) >= 11 is 0. The molecular formula is C35H68N2. The van der Waals surface area contributed by atoms with Crippen LogP contribution in [0.15, 0.2) is 12.2 Å². The lowest BCUT2D eigenvalue weighted by Gasteiger charge is -2.50. The van der Waals surface area contributed by atoms with Crippen molar-refractivity contribution in [2.45, 2.75) is 170 Å². The number of unbranched alkanes of at least 4 members (excludes halogenated alkanes) is 2. The van der Waals surface area contributed by atoms with Crippen molar-refractivity contribution in [2.75, 3.05) is 6.54 Å². The monoisotopic (exact) mass is 517 g/mol. The smallest absolute Gasteiger partial charge is 0.00672 e. The van der Waals surface area contributed by atoms with E-state index in [4.69, 9.17) is 12.3 Å². The van der Waals surface area contributed by atoms with Crippen molar-refractivity contribution in [3.63, 3.8) is 0 Å². The van der Waals surface area contributed by atoms with Crippen LogP contribution >= 0.6 is 0 Å². The van der Waals surface area contributed by atoms with Crippen LogP contribution in [0.2, 0.25) is 0 Å². The molecule has 0 spiro atoms. The first kappa shape index (κ1) is 32.9. The molecule has 0 aromatic carbocycles. The molecule has 0 radical (unpaired) electrons. The quantitative estimate of drug-likeness (QED) is 0.168. The average molecular weight is 517 g/mol. The molecule has 2 unspecified atom stereocenters. The first-order valence-corrected chi connectivity index (χ1v) is 16.5. The maximum atomic E-state index is 6.11. The van der Waals surface area contributed by atoms with E-state index in [-0.39, 0.29) is 10.8 Å². The summed E-state index contributed by atoms with van der Waals surface area (Å²) in [6.45, 7) is 25.5. The van der Waals surface area contributed by atoms with Gasteiger partial charge in [-0.1, -0.05) is 86.8 Å². The van der Waals surface area contributed by atoms with Crippen molar-refractivity contribution in [3.05, 3.63) is 12.2 Å². The van der Waals surface area contributed by atoms with E-state index in [1.54, 1.807) is 0 Å². The molecule has 0 saturated heterocycles. The van der Waals surface area contributed by atoms with E-state index < -0.39 is 0 Å². The minimum Gasteiger partial charge on any atom is -0.328 e. The maximum absolute atomic E-state index is 6.11. The Morgan fingerprint density at radius 1 is 0.865 bits per heavy atom. The molecule has 0 aliphatic heterocycles.